The number of rotatable bonds is 73. The van der Waals surface area contributed by atoms with Gasteiger partial charge in [-0.1, -0.05) is 330 Å². The number of carbonyl (C=O) groups is 4. The summed E-state index contributed by atoms with van der Waals surface area (Å²) in [4.78, 5) is 72.6. The second kappa shape index (κ2) is 66.3. The van der Waals surface area contributed by atoms with Gasteiger partial charge in [-0.15, -0.1) is 0 Å². The summed E-state index contributed by atoms with van der Waals surface area (Å²) in [6.45, 7) is 7.19. The van der Waals surface area contributed by atoms with E-state index in [9.17, 15) is 43.2 Å². The number of ether oxygens (including phenoxy) is 4. The van der Waals surface area contributed by atoms with Crippen molar-refractivity contribution < 1.29 is 80.2 Å². The van der Waals surface area contributed by atoms with Gasteiger partial charge in [0.2, 0.25) is 0 Å². The topological polar surface area (TPSA) is 237 Å². The molecule has 0 saturated carbocycles. The highest BCUT2D eigenvalue weighted by Gasteiger charge is 2.30. The second-order valence-electron chi connectivity index (χ2n) is 26.8. The van der Waals surface area contributed by atoms with E-state index in [-0.39, 0.29) is 25.7 Å². The van der Waals surface area contributed by atoms with Crippen LogP contribution in [-0.4, -0.2) is 96.7 Å². The zero-order valence-corrected chi connectivity index (χ0v) is 61.5. The van der Waals surface area contributed by atoms with Gasteiger partial charge in [-0.2, -0.15) is 0 Å². The van der Waals surface area contributed by atoms with Gasteiger partial charge in [0.25, 0.3) is 0 Å². The molecule has 0 saturated heterocycles. The van der Waals surface area contributed by atoms with Crippen molar-refractivity contribution in [1.82, 2.24) is 0 Å². The highest BCUT2D eigenvalue weighted by Crippen LogP contribution is 2.45. The predicted molar refractivity (Wildman–Crippen MR) is 372 cm³/mol. The van der Waals surface area contributed by atoms with Crippen LogP contribution < -0.4 is 0 Å². The lowest BCUT2D eigenvalue weighted by Gasteiger charge is -2.21. The van der Waals surface area contributed by atoms with Crippen LogP contribution in [0.1, 0.15) is 381 Å². The van der Waals surface area contributed by atoms with E-state index in [0.29, 0.717) is 31.6 Å². The van der Waals surface area contributed by atoms with Crippen molar-refractivity contribution in [3.05, 3.63) is 0 Å². The molecule has 0 aromatic heterocycles. The van der Waals surface area contributed by atoms with Crippen molar-refractivity contribution in [2.45, 2.75) is 400 Å². The molecule has 92 heavy (non-hydrogen) atoms. The maximum Gasteiger partial charge on any atom is 0.472 e. The molecule has 0 heterocycles. The summed E-state index contributed by atoms with van der Waals surface area (Å²) >= 11 is 0. The Hall–Kier alpha value is -1.94. The number of phosphoric ester groups is 2. The van der Waals surface area contributed by atoms with E-state index in [1.807, 2.05) is 0 Å². The van der Waals surface area contributed by atoms with Crippen molar-refractivity contribution in [3.63, 3.8) is 0 Å². The Morgan fingerprint density at radius 2 is 0.500 bits per heavy atom. The van der Waals surface area contributed by atoms with Crippen LogP contribution in [0.25, 0.3) is 0 Å². The van der Waals surface area contributed by atoms with Crippen molar-refractivity contribution in [2.24, 2.45) is 5.92 Å². The minimum absolute atomic E-state index is 0.107. The molecule has 0 aliphatic rings. The summed E-state index contributed by atoms with van der Waals surface area (Å²) in [7, 11) is -9.90. The summed E-state index contributed by atoms with van der Waals surface area (Å²) in [5, 5.41) is 10.6. The highest BCUT2D eigenvalue weighted by molar-refractivity contribution is 7.47. The molecular formula is C73H142O17P2. The number of aliphatic hydroxyl groups excluding tert-OH is 1. The lowest BCUT2D eigenvalue weighted by Crippen LogP contribution is -2.30. The van der Waals surface area contributed by atoms with Gasteiger partial charge in [0.15, 0.2) is 12.2 Å². The largest absolute Gasteiger partial charge is 0.472 e. The van der Waals surface area contributed by atoms with Gasteiger partial charge in [0.1, 0.15) is 19.3 Å². The molecule has 0 fully saturated rings. The van der Waals surface area contributed by atoms with Gasteiger partial charge >= 0.3 is 39.5 Å². The summed E-state index contributed by atoms with van der Waals surface area (Å²) in [5.41, 5.74) is 0. The first-order valence-corrected chi connectivity index (χ1v) is 41.1. The Bertz CT molecular complexity index is 1770. The van der Waals surface area contributed by atoms with Crippen molar-refractivity contribution in [2.75, 3.05) is 39.6 Å². The predicted octanol–water partition coefficient (Wildman–Crippen LogP) is 21.3. The molecule has 0 aromatic rings. The SMILES string of the molecule is CCCCCCCCCCCCCCCCCCCCCC(=O)O[C@H](COC(=O)CCCCCCCCCCCCCC)COP(=O)(O)OC[C@@H](O)COP(=O)(O)OC[C@@H](COC(=O)CCCCCCCCC(C)C)OC(=O)CCCCCCCCCCCCCC. The van der Waals surface area contributed by atoms with Gasteiger partial charge in [-0.25, -0.2) is 9.13 Å². The monoisotopic (exact) mass is 1350 g/mol. The van der Waals surface area contributed by atoms with E-state index in [0.717, 1.165) is 96.3 Å². The number of hydrogen-bond acceptors (Lipinski definition) is 15. The standard InChI is InChI=1S/C73H142O17P2/c1-6-9-12-15-18-21-24-27-28-29-30-31-32-33-36-39-42-49-54-59-73(78)89-68(62-83-70(75)56-51-46-40-37-34-25-22-19-16-13-10-7-2)64-87-91(79,80)85-60-67(74)61-86-92(81,82)88-65-69(63-84-71(76)57-52-47-44-43-45-50-55-66(4)5)90-72(77)58-53-48-41-38-35-26-23-20-17-14-11-8-3/h66-69,74H,6-65H2,1-5H3,(H,79,80)(H,81,82)/t67-,68-,69-/m1/s1. The van der Waals surface area contributed by atoms with Gasteiger partial charge in [-0.05, 0) is 31.6 Å². The molecule has 0 rings (SSSR count). The second-order valence-corrected chi connectivity index (χ2v) is 29.7. The average Bonchev–Trinajstić information content (AvgIpc) is 3.59. The van der Waals surface area contributed by atoms with Crippen molar-refractivity contribution in [1.29, 1.82) is 0 Å². The zero-order chi connectivity index (χ0) is 67.7. The summed E-state index contributed by atoms with van der Waals surface area (Å²) in [6.07, 6.45) is 54.2. The number of carbonyl (C=O) groups excluding carboxylic acids is 4. The Balaban J connectivity index is 5.20. The smallest absolute Gasteiger partial charge is 0.462 e. The third-order valence-electron chi connectivity index (χ3n) is 17.0. The average molecular weight is 1350 g/mol. The normalized spacial score (nSPS) is 14.0. The minimum atomic E-state index is -4.95. The molecule has 0 spiro atoms. The van der Waals surface area contributed by atoms with Crippen LogP contribution in [-0.2, 0) is 65.4 Å². The van der Waals surface area contributed by atoms with E-state index >= 15 is 0 Å². The van der Waals surface area contributed by atoms with E-state index < -0.39 is 97.5 Å². The first kappa shape index (κ1) is 90.1. The Morgan fingerprint density at radius 1 is 0.293 bits per heavy atom. The first-order valence-electron chi connectivity index (χ1n) is 38.1. The molecule has 0 amide bonds. The Kier molecular flexibility index (Phi) is 64.9. The molecule has 546 valence electrons. The third-order valence-corrected chi connectivity index (χ3v) is 18.9. The quantitative estimate of drug-likeness (QED) is 0.0222. The van der Waals surface area contributed by atoms with Crippen LogP contribution in [0.3, 0.4) is 0 Å². The fraction of sp³-hybridized carbons (Fsp3) is 0.945. The minimum Gasteiger partial charge on any atom is -0.462 e. The first-order chi connectivity index (χ1) is 44.5. The highest BCUT2D eigenvalue weighted by atomic mass is 31.2. The van der Waals surface area contributed by atoms with Crippen LogP contribution in [0.2, 0.25) is 0 Å². The van der Waals surface area contributed by atoms with E-state index in [1.165, 1.54) is 199 Å². The summed E-state index contributed by atoms with van der Waals surface area (Å²) < 4.78 is 68.4. The van der Waals surface area contributed by atoms with E-state index in [2.05, 4.69) is 34.6 Å². The molecular weight excluding hydrogens is 1210 g/mol. The third kappa shape index (κ3) is 66.7. The van der Waals surface area contributed by atoms with Gasteiger partial charge in [-0.3, -0.25) is 37.3 Å². The number of unbranched alkanes of at least 4 members (excludes halogenated alkanes) is 45. The molecule has 2 unspecified atom stereocenters. The summed E-state index contributed by atoms with van der Waals surface area (Å²) in [6, 6.07) is 0. The Labute approximate surface area is 562 Å². The van der Waals surface area contributed by atoms with E-state index in [1.54, 1.807) is 0 Å². The molecule has 0 aliphatic carbocycles. The molecule has 19 heteroatoms. The van der Waals surface area contributed by atoms with Crippen LogP contribution in [0, 0.1) is 5.92 Å². The fourth-order valence-electron chi connectivity index (χ4n) is 11.2. The molecule has 0 aromatic carbocycles. The number of aliphatic hydroxyl groups is 1. The number of hydrogen-bond donors (Lipinski definition) is 3. The fourth-order valence-corrected chi connectivity index (χ4v) is 12.8. The molecule has 5 atom stereocenters. The van der Waals surface area contributed by atoms with Crippen molar-refractivity contribution in [3.8, 4) is 0 Å². The maximum absolute atomic E-state index is 13.0. The number of esters is 4. The van der Waals surface area contributed by atoms with Crippen LogP contribution in [0.4, 0.5) is 0 Å². The maximum atomic E-state index is 13.0. The lowest BCUT2D eigenvalue weighted by atomic mass is 10.0. The Morgan fingerprint density at radius 3 is 0.739 bits per heavy atom. The molecule has 0 radical (unpaired) electrons. The summed E-state index contributed by atoms with van der Waals surface area (Å²) in [5.74, 6) is -1.44. The van der Waals surface area contributed by atoms with Gasteiger partial charge in [0.05, 0.1) is 26.4 Å². The van der Waals surface area contributed by atoms with Crippen LogP contribution in [0.15, 0.2) is 0 Å². The molecule has 0 aliphatic heterocycles. The van der Waals surface area contributed by atoms with Gasteiger partial charge in [0, 0.05) is 25.7 Å². The van der Waals surface area contributed by atoms with Crippen LogP contribution >= 0.6 is 15.6 Å². The number of phosphoric acid groups is 2. The van der Waals surface area contributed by atoms with Crippen LogP contribution in [0.5, 0.6) is 0 Å². The molecule has 3 N–H and O–H groups in total. The lowest BCUT2D eigenvalue weighted by molar-refractivity contribution is -0.161. The zero-order valence-electron chi connectivity index (χ0n) is 59.7. The van der Waals surface area contributed by atoms with Gasteiger partial charge < -0.3 is 33.8 Å². The van der Waals surface area contributed by atoms with Crippen molar-refractivity contribution >= 4 is 39.5 Å². The molecule has 17 nitrogen and oxygen atoms in total. The van der Waals surface area contributed by atoms with E-state index in [4.69, 9.17) is 37.0 Å². The molecule has 0 bridgehead atoms.